The first-order valence-corrected chi connectivity index (χ1v) is 3.02. The summed E-state index contributed by atoms with van der Waals surface area (Å²) in [7, 11) is 4.58. The quantitative estimate of drug-likeness (QED) is 0.465. The molecule has 0 radical (unpaired) electrons. The molecule has 1 nitrogen and oxygen atoms in total. The van der Waals surface area contributed by atoms with Gasteiger partial charge in [-0.15, -0.1) is 0 Å². The number of halogens is 1. The topological polar surface area (TPSA) is 23.8 Å². The summed E-state index contributed by atoms with van der Waals surface area (Å²) in [6.45, 7) is 4.75. The third-order valence-electron chi connectivity index (χ3n) is 0. The Labute approximate surface area is 41.3 Å². The van der Waals surface area contributed by atoms with Gasteiger partial charge in [0.05, 0.1) is 0 Å². The van der Waals surface area contributed by atoms with Crippen molar-refractivity contribution in [3.8, 4) is 0 Å². The second kappa shape index (κ2) is 82.6. The van der Waals surface area contributed by atoms with E-state index in [2.05, 4.69) is 9.19 Å². The van der Waals surface area contributed by atoms with Gasteiger partial charge in [-0.25, -0.2) is 0 Å². The van der Waals surface area contributed by atoms with E-state index in [1.54, 1.807) is 20.0 Å². The Morgan fingerprint density at radius 1 is 1.50 bits per heavy atom. The van der Waals surface area contributed by atoms with Crippen molar-refractivity contribution in [1.82, 2.24) is 0 Å². The summed E-state index contributed by atoms with van der Waals surface area (Å²) in [5, 5.41) is 6.25. The monoisotopic (exact) mass is 258 g/mol. The van der Waals surface area contributed by atoms with Crippen LogP contribution in [0.2, 0.25) is 0 Å². The molecule has 0 aromatic heterocycles. The van der Waals surface area contributed by atoms with E-state index in [9.17, 15) is 0 Å². The van der Waals surface area contributed by atoms with Gasteiger partial charge < -0.3 is 11.8 Å². The molecule has 0 spiro atoms. The van der Waals surface area contributed by atoms with Gasteiger partial charge in [-0.2, -0.15) is 0 Å². The summed E-state index contributed by atoms with van der Waals surface area (Å²) in [6.07, 6.45) is 0. The van der Waals surface area contributed by atoms with Crippen LogP contribution in [0.3, 0.4) is 0 Å². The van der Waals surface area contributed by atoms with Crippen molar-refractivity contribution in [3.05, 3.63) is 6.57 Å². The fourth-order valence-electron chi connectivity index (χ4n) is 0. The summed E-state index contributed by atoms with van der Waals surface area (Å²) < 4.78 is 0. The number of hydrogen-bond donors (Lipinski definition) is 0. The zero-order valence-corrected chi connectivity index (χ0v) is 4.55. The molecule has 4 heavy (non-hydrogen) atoms. The first kappa shape index (κ1) is 8.82. The third kappa shape index (κ3) is 21.5. The molecule has 0 atom stereocenters. The van der Waals surface area contributed by atoms with Crippen molar-refractivity contribution in [2.75, 3.05) is 0 Å². The number of hydrogen-bond acceptors (Lipinski definition) is 1. The molecule has 0 amide bonds. The Hall–Kier alpha value is 0.520. The second-order valence-corrected chi connectivity index (χ2v) is 0. The van der Waals surface area contributed by atoms with Gasteiger partial charge in [0.1, 0.15) is 0 Å². The molecule has 0 aliphatic heterocycles. The van der Waals surface area contributed by atoms with Crippen molar-refractivity contribution >= 4 is 9.19 Å². The minimum atomic E-state index is 1.75. The minimum absolute atomic E-state index is 1.75. The molecular formula is CAuClN-. The van der Waals surface area contributed by atoms with E-state index in [0.29, 0.717) is 0 Å². The van der Waals surface area contributed by atoms with E-state index >= 15 is 0 Å². The average molecular weight is 258 g/mol. The predicted octanol–water partition coefficient (Wildman–Crippen LogP) is 0.783. The van der Waals surface area contributed by atoms with Crippen molar-refractivity contribution in [2.45, 2.75) is 0 Å². The van der Waals surface area contributed by atoms with Gasteiger partial charge in [0, 0.05) is 0 Å². The molecule has 3 heteroatoms. The number of rotatable bonds is 0. The van der Waals surface area contributed by atoms with Crippen molar-refractivity contribution in [1.29, 1.82) is 5.26 Å². The molecule has 0 aliphatic carbocycles. The van der Waals surface area contributed by atoms with Gasteiger partial charge in [0.15, 0.2) is 0 Å². The molecule has 0 N–H and O–H groups in total. The van der Waals surface area contributed by atoms with Crippen molar-refractivity contribution in [2.24, 2.45) is 0 Å². The van der Waals surface area contributed by atoms with Gasteiger partial charge in [0.25, 0.3) is 0 Å². The van der Waals surface area contributed by atoms with Gasteiger partial charge in [-0.3, -0.25) is 0 Å². The average Bonchev–Trinajstić information content (AvgIpc) is 1.50. The molecule has 0 saturated carbocycles. The van der Waals surface area contributed by atoms with Crippen molar-refractivity contribution < 1.29 is 20.0 Å². The van der Waals surface area contributed by atoms with E-state index in [1.807, 2.05) is 0 Å². The molecule has 0 fully saturated rings. The Morgan fingerprint density at radius 3 is 1.50 bits per heavy atom. The normalized spacial score (nSPS) is 2.25. The summed E-state index contributed by atoms with van der Waals surface area (Å²) in [5.41, 5.74) is 0. The molecule has 0 unspecified atom stereocenters. The summed E-state index contributed by atoms with van der Waals surface area (Å²) in [5.74, 6) is 0. The fraction of sp³-hybridized carbons (Fsp3) is 0. The van der Waals surface area contributed by atoms with Gasteiger partial charge in [-0.1, -0.05) is 0 Å². The van der Waals surface area contributed by atoms with Crippen LogP contribution in [0.1, 0.15) is 0 Å². The Balaban J connectivity index is 0. The molecule has 0 saturated heterocycles. The Kier molecular flexibility index (Phi) is 182. The maximum atomic E-state index is 6.25. The first-order chi connectivity index (χ1) is 2.00. The molecule has 0 aromatic carbocycles. The zero-order valence-electron chi connectivity index (χ0n) is 1.63. The van der Waals surface area contributed by atoms with E-state index in [-0.39, 0.29) is 0 Å². The molecule has 0 heterocycles. The van der Waals surface area contributed by atoms with Crippen molar-refractivity contribution in [3.63, 3.8) is 0 Å². The zero-order chi connectivity index (χ0) is 4.00. The van der Waals surface area contributed by atoms with Crippen LogP contribution in [0.15, 0.2) is 0 Å². The SMILES string of the molecule is [C-]#N.[Cl][Au]. The molecule has 0 bridgehead atoms. The van der Waals surface area contributed by atoms with E-state index in [4.69, 9.17) is 11.8 Å². The van der Waals surface area contributed by atoms with Crippen LogP contribution < -0.4 is 0 Å². The predicted molar refractivity (Wildman–Crippen MR) is 10.8 cm³/mol. The van der Waals surface area contributed by atoms with E-state index in [1.165, 1.54) is 0 Å². The molecule has 0 aromatic rings. The van der Waals surface area contributed by atoms with Crippen LogP contribution in [-0.4, -0.2) is 0 Å². The Bertz CT molecular complexity index is 12.8. The van der Waals surface area contributed by atoms with Crippen LogP contribution in [0.4, 0.5) is 0 Å². The summed E-state index contributed by atoms with van der Waals surface area (Å²) >= 11 is 1.75. The summed E-state index contributed by atoms with van der Waals surface area (Å²) in [6, 6.07) is 0. The summed E-state index contributed by atoms with van der Waals surface area (Å²) in [4.78, 5) is 0. The van der Waals surface area contributed by atoms with Crippen LogP contribution >= 0.6 is 9.19 Å². The maximum absolute atomic E-state index is 6.25. The van der Waals surface area contributed by atoms with Gasteiger partial charge >= 0.3 is 29.2 Å². The molecule has 0 aliphatic rings. The van der Waals surface area contributed by atoms with Crippen LogP contribution in [-0.2, 0) is 20.0 Å². The van der Waals surface area contributed by atoms with Crippen LogP contribution in [0.25, 0.3) is 0 Å². The third-order valence-corrected chi connectivity index (χ3v) is 0. The number of nitrogens with zero attached hydrogens (tertiary/aromatic N) is 1. The molecule has 0 rings (SSSR count). The van der Waals surface area contributed by atoms with E-state index in [0.717, 1.165) is 0 Å². The standard InChI is InChI=1S/CN.Au.ClH/c1-2;;/h;;1H/q-1;+1;/p-1. The molecule has 28 valence electrons. The van der Waals surface area contributed by atoms with Crippen LogP contribution in [0, 0.1) is 11.8 Å². The second-order valence-electron chi connectivity index (χ2n) is 0. The molecular weight excluding hydrogens is 258 g/mol. The Morgan fingerprint density at radius 2 is 1.50 bits per heavy atom. The van der Waals surface area contributed by atoms with Gasteiger partial charge in [0.2, 0.25) is 0 Å². The fourth-order valence-corrected chi connectivity index (χ4v) is 0. The van der Waals surface area contributed by atoms with Crippen LogP contribution in [0.5, 0.6) is 0 Å². The van der Waals surface area contributed by atoms with E-state index < -0.39 is 0 Å². The van der Waals surface area contributed by atoms with Gasteiger partial charge in [-0.05, 0) is 0 Å². The first-order valence-electron chi connectivity index (χ1n) is 0.338.